The van der Waals surface area contributed by atoms with Gasteiger partial charge in [0.1, 0.15) is 5.75 Å². The van der Waals surface area contributed by atoms with E-state index < -0.39 is 8.07 Å². The lowest BCUT2D eigenvalue weighted by atomic mass is 10.3. The van der Waals surface area contributed by atoms with Gasteiger partial charge in [0.2, 0.25) is 0 Å². The molecule has 15 heavy (non-hydrogen) atoms. The van der Waals surface area contributed by atoms with Crippen molar-refractivity contribution < 1.29 is 9.47 Å². The Balaban J connectivity index is 3.09. The summed E-state index contributed by atoms with van der Waals surface area (Å²) >= 11 is 6.21. The summed E-state index contributed by atoms with van der Waals surface area (Å²) in [5.41, 5.74) is 0. The number of methoxy groups -OCH3 is 1. The quantitative estimate of drug-likeness (QED) is 0.599. The topological polar surface area (TPSA) is 18.5 Å². The molecule has 1 aromatic carbocycles. The van der Waals surface area contributed by atoms with Crippen LogP contribution in [0.4, 0.5) is 0 Å². The Bertz CT molecular complexity index is 334. The zero-order valence-corrected chi connectivity index (χ0v) is 11.4. The molecule has 0 aliphatic carbocycles. The van der Waals surface area contributed by atoms with E-state index in [9.17, 15) is 0 Å². The number of ether oxygens (including phenoxy) is 2. The standard InChI is InChI=1S/C11H17ClO2Si/c1-13-8-14-10-7-5-6-9(12)11(10)15(2,3)4/h5-7H,8H2,1-4H3. The smallest absolute Gasteiger partial charge is 0.188 e. The van der Waals surface area contributed by atoms with Crippen LogP contribution in [-0.4, -0.2) is 22.0 Å². The van der Waals surface area contributed by atoms with Crippen LogP contribution in [0.25, 0.3) is 0 Å². The molecule has 0 aliphatic heterocycles. The van der Waals surface area contributed by atoms with E-state index in [1.54, 1.807) is 7.11 Å². The molecule has 0 saturated carbocycles. The first-order valence-corrected chi connectivity index (χ1v) is 8.75. The molecule has 0 aromatic heterocycles. The predicted molar refractivity (Wildman–Crippen MR) is 66.9 cm³/mol. The van der Waals surface area contributed by atoms with Gasteiger partial charge in [-0.15, -0.1) is 0 Å². The zero-order valence-electron chi connectivity index (χ0n) is 9.63. The Morgan fingerprint density at radius 3 is 2.47 bits per heavy atom. The number of rotatable bonds is 4. The van der Waals surface area contributed by atoms with Crippen molar-refractivity contribution in [3.8, 4) is 5.75 Å². The fraction of sp³-hybridized carbons (Fsp3) is 0.455. The van der Waals surface area contributed by atoms with E-state index in [1.807, 2.05) is 18.2 Å². The lowest BCUT2D eigenvalue weighted by Crippen LogP contribution is -2.39. The molecule has 1 rings (SSSR count). The molecule has 0 spiro atoms. The molecule has 0 radical (unpaired) electrons. The van der Waals surface area contributed by atoms with Gasteiger partial charge in [-0.1, -0.05) is 37.3 Å². The van der Waals surface area contributed by atoms with Crippen LogP contribution in [0.2, 0.25) is 24.7 Å². The second kappa shape index (κ2) is 5.01. The Hall–Kier alpha value is -0.513. The van der Waals surface area contributed by atoms with Crippen LogP contribution in [0.3, 0.4) is 0 Å². The van der Waals surface area contributed by atoms with E-state index in [4.69, 9.17) is 21.1 Å². The van der Waals surface area contributed by atoms with Crippen LogP contribution in [-0.2, 0) is 4.74 Å². The van der Waals surface area contributed by atoms with E-state index >= 15 is 0 Å². The lowest BCUT2D eigenvalue weighted by Gasteiger charge is -2.22. The molecule has 0 unspecified atom stereocenters. The monoisotopic (exact) mass is 244 g/mol. The molecule has 4 heteroatoms. The summed E-state index contributed by atoms with van der Waals surface area (Å²) in [7, 11) is 0.125. The molecular formula is C11H17ClO2Si. The Morgan fingerprint density at radius 2 is 1.93 bits per heavy atom. The highest BCUT2D eigenvalue weighted by Gasteiger charge is 2.24. The highest BCUT2D eigenvalue weighted by atomic mass is 35.5. The van der Waals surface area contributed by atoms with Gasteiger partial charge in [-0.05, 0) is 17.3 Å². The molecule has 0 saturated heterocycles. The minimum absolute atomic E-state index is 0.262. The van der Waals surface area contributed by atoms with Gasteiger partial charge in [-0.2, -0.15) is 0 Å². The summed E-state index contributed by atoms with van der Waals surface area (Å²) in [5, 5.41) is 1.95. The molecule has 0 heterocycles. The maximum absolute atomic E-state index is 6.21. The van der Waals surface area contributed by atoms with Crippen LogP contribution in [0.1, 0.15) is 0 Å². The van der Waals surface area contributed by atoms with Crippen molar-refractivity contribution in [2.24, 2.45) is 0 Å². The molecule has 0 amide bonds. The summed E-state index contributed by atoms with van der Waals surface area (Å²) in [5.74, 6) is 0.850. The predicted octanol–water partition coefficient (Wildman–Crippen LogP) is 2.87. The normalized spacial score (nSPS) is 11.5. The van der Waals surface area contributed by atoms with Crippen molar-refractivity contribution in [3.63, 3.8) is 0 Å². The van der Waals surface area contributed by atoms with Crippen molar-refractivity contribution in [1.29, 1.82) is 0 Å². The van der Waals surface area contributed by atoms with Gasteiger partial charge in [0.05, 0.1) is 8.07 Å². The van der Waals surface area contributed by atoms with Crippen LogP contribution < -0.4 is 9.92 Å². The van der Waals surface area contributed by atoms with Crippen molar-refractivity contribution in [3.05, 3.63) is 23.2 Å². The van der Waals surface area contributed by atoms with Crippen molar-refractivity contribution in [2.75, 3.05) is 13.9 Å². The molecule has 84 valence electrons. The SMILES string of the molecule is COCOc1cccc(Cl)c1[Si](C)(C)C. The number of hydrogen-bond donors (Lipinski definition) is 0. The van der Waals surface area contributed by atoms with E-state index in [2.05, 4.69) is 19.6 Å². The van der Waals surface area contributed by atoms with Crippen LogP contribution >= 0.6 is 11.6 Å². The van der Waals surface area contributed by atoms with E-state index in [0.717, 1.165) is 16.0 Å². The molecule has 0 N–H and O–H groups in total. The minimum Gasteiger partial charge on any atom is -0.468 e. The van der Waals surface area contributed by atoms with Crippen molar-refractivity contribution in [2.45, 2.75) is 19.6 Å². The zero-order chi connectivity index (χ0) is 11.5. The Labute approximate surface area is 97.2 Å². The summed E-state index contributed by atoms with van der Waals surface area (Å²) in [6, 6.07) is 5.75. The summed E-state index contributed by atoms with van der Waals surface area (Å²) in [4.78, 5) is 0. The van der Waals surface area contributed by atoms with E-state index in [0.29, 0.717) is 0 Å². The van der Waals surface area contributed by atoms with Crippen LogP contribution in [0.15, 0.2) is 18.2 Å². The first-order valence-electron chi connectivity index (χ1n) is 4.87. The third-order valence-corrected chi connectivity index (χ3v) is 4.55. The fourth-order valence-electron chi connectivity index (χ4n) is 1.47. The highest BCUT2D eigenvalue weighted by molar-refractivity contribution is 6.90. The number of halogens is 1. The van der Waals surface area contributed by atoms with Gasteiger partial charge in [-0.25, -0.2) is 0 Å². The van der Waals surface area contributed by atoms with Gasteiger partial charge < -0.3 is 9.47 Å². The van der Waals surface area contributed by atoms with Crippen molar-refractivity contribution in [1.82, 2.24) is 0 Å². The van der Waals surface area contributed by atoms with Gasteiger partial charge in [-0.3, -0.25) is 0 Å². The Kier molecular flexibility index (Phi) is 4.19. The largest absolute Gasteiger partial charge is 0.468 e. The average Bonchev–Trinajstić information content (AvgIpc) is 2.12. The summed E-state index contributed by atoms with van der Waals surface area (Å²) in [6.07, 6.45) is 0. The van der Waals surface area contributed by atoms with E-state index in [1.165, 1.54) is 0 Å². The minimum atomic E-state index is -1.48. The third-order valence-electron chi connectivity index (χ3n) is 2.06. The molecule has 1 aromatic rings. The van der Waals surface area contributed by atoms with Crippen LogP contribution in [0, 0.1) is 0 Å². The molecule has 0 aliphatic rings. The molecule has 0 atom stereocenters. The summed E-state index contributed by atoms with van der Waals surface area (Å²) < 4.78 is 10.4. The fourth-order valence-corrected chi connectivity index (χ4v) is 4.19. The second-order valence-electron chi connectivity index (χ2n) is 4.41. The average molecular weight is 245 g/mol. The maximum atomic E-state index is 6.21. The maximum Gasteiger partial charge on any atom is 0.188 e. The molecule has 2 nitrogen and oxygen atoms in total. The first-order chi connectivity index (χ1) is 6.96. The van der Waals surface area contributed by atoms with Gasteiger partial charge in [0.25, 0.3) is 0 Å². The summed E-state index contributed by atoms with van der Waals surface area (Å²) in [6.45, 7) is 6.99. The van der Waals surface area contributed by atoms with E-state index in [-0.39, 0.29) is 6.79 Å². The molecule has 0 bridgehead atoms. The Morgan fingerprint density at radius 1 is 1.27 bits per heavy atom. The first kappa shape index (κ1) is 12.6. The van der Waals surface area contributed by atoms with Gasteiger partial charge >= 0.3 is 0 Å². The van der Waals surface area contributed by atoms with Gasteiger partial charge in [0, 0.05) is 12.1 Å². The highest BCUT2D eigenvalue weighted by Crippen LogP contribution is 2.20. The molecular weight excluding hydrogens is 228 g/mol. The third kappa shape index (κ3) is 3.23. The van der Waals surface area contributed by atoms with Crippen LogP contribution in [0.5, 0.6) is 5.75 Å². The van der Waals surface area contributed by atoms with Gasteiger partial charge in [0.15, 0.2) is 6.79 Å². The lowest BCUT2D eigenvalue weighted by molar-refractivity contribution is 0.0518. The van der Waals surface area contributed by atoms with Crippen molar-refractivity contribution >= 4 is 24.9 Å². The second-order valence-corrected chi connectivity index (χ2v) is 9.82. The number of hydrogen-bond acceptors (Lipinski definition) is 2. The number of benzene rings is 1. The molecule has 0 fully saturated rings.